The van der Waals surface area contributed by atoms with Crippen molar-refractivity contribution in [2.75, 3.05) is 5.32 Å². The summed E-state index contributed by atoms with van der Waals surface area (Å²) < 4.78 is 1.12. The van der Waals surface area contributed by atoms with E-state index in [1.165, 1.54) is 12.1 Å². The zero-order valence-electron chi connectivity index (χ0n) is 12.0. The standard InChI is InChI=1S/C14H12N4O4S/c1-7-15-13-12(14(20)17(7)23)10(6-11(19)16-13)8-2-4-9(5-3-8)18(21)22/h2-5,10,23H,6H2,1H3,(H,16,19). The van der Waals surface area contributed by atoms with E-state index >= 15 is 0 Å². The van der Waals surface area contributed by atoms with Crippen LogP contribution in [0.15, 0.2) is 29.1 Å². The fourth-order valence-electron chi connectivity index (χ4n) is 2.62. The van der Waals surface area contributed by atoms with Crippen molar-refractivity contribution in [2.45, 2.75) is 19.3 Å². The van der Waals surface area contributed by atoms with E-state index in [2.05, 4.69) is 23.1 Å². The highest BCUT2D eigenvalue weighted by molar-refractivity contribution is 7.78. The summed E-state index contributed by atoms with van der Waals surface area (Å²) in [6, 6.07) is 5.80. The number of nitro groups is 1. The molecule has 2 heterocycles. The second-order valence-corrected chi connectivity index (χ2v) is 5.59. The Morgan fingerprint density at radius 2 is 2.00 bits per heavy atom. The molecule has 0 bridgehead atoms. The van der Waals surface area contributed by atoms with Gasteiger partial charge in [-0.3, -0.25) is 19.7 Å². The molecule has 9 heteroatoms. The molecule has 1 atom stereocenters. The number of aryl methyl sites for hydroxylation is 1. The lowest BCUT2D eigenvalue weighted by atomic mass is 9.87. The van der Waals surface area contributed by atoms with E-state index < -0.39 is 10.8 Å². The van der Waals surface area contributed by atoms with Gasteiger partial charge < -0.3 is 5.32 Å². The lowest BCUT2D eigenvalue weighted by molar-refractivity contribution is -0.384. The molecule has 0 saturated heterocycles. The summed E-state index contributed by atoms with van der Waals surface area (Å²) in [4.78, 5) is 38.8. The van der Waals surface area contributed by atoms with Crippen molar-refractivity contribution in [3.63, 3.8) is 0 Å². The minimum Gasteiger partial charge on any atom is -0.310 e. The van der Waals surface area contributed by atoms with E-state index in [1.54, 1.807) is 19.1 Å². The van der Waals surface area contributed by atoms with Crippen molar-refractivity contribution in [3.05, 3.63) is 61.7 Å². The Morgan fingerprint density at radius 1 is 1.35 bits per heavy atom. The molecule has 2 aromatic rings. The van der Waals surface area contributed by atoms with Crippen LogP contribution < -0.4 is 10.9 Å². The van der Waals surface area contributed by atoms with E-state index in [0.717, 1.165) is 3.97 Å². The minimum absolute atomic E-state index is 0.0529. The number of carbonyl (C=O) groups excluding carboxylic acids is 1. The van der Waals surface area contributed by atoms with E-state index in [0.29, 0.717) is 17.0 Å². The number of hydrogen-bond donors (Lipinski definition) is 2. The molecule has 1 aliphatic rings. The molecule has 118 valence electrons. The molecular formula is C14H12N4O4S. The molecule has 1 aliphatic heterocycles. The molecule has 1 amide bonds. The summed E-state index contributed by atoms with van der Waals surface area (Å²) in [6.45, 7) is 1.61. The van der Waals surface area contributed by atoms with Gasteiger partial charge in [-0.05, 0) is 12.5 Å². The topological polar surface area (TPSA) is 107 Å². The Morgan fingerprint density at radius 3 is 2.61 bits per heavy atom. The molecule has 0 radical (unpaired) electrons. The summed E-state index contributed by atoms with van der Waals surface area (Å²) >= 11 is 4.10. The maximum atomic E-state index is 12.5. The van der Waals surface area contributed by atoms with Crippen LogP contribution in [0.5, 0.6) is 0 Å². The first-order valence-electron chi connectivity index (χ1n) is 6.75. The number of hydrogen-bond acceptors (Lipinski definition) is 6. The third-order valence-corrected chi connectivity index (χ3v) is 4.23. The SMILES string of the molecule is Cc1nc2c(c(=O)n1S)C(c1ccc([N+](=O)[O-])cc1)CC(=O)N2. The van der Waals surface area contributed by atoms with Crippen LogP contribution >= 0.6 is 12.8 Å². The third-order valence-electron chi connectivity index (χ3n) is 3.76. The minimum atomic E-state index is -0.515. The number of anilines is 1. The van der Waals surface area contributed by atoms with Gasteiger partial charge in [-0.1, -0.05) is 24.9 Å². The van der Waals surface area contributed by atoms with Crippen molar-refractivity contribution < 1.29 is 9.72 Å². The Kier molecular flexibility index (Phi) is 3.64. The molecule has 23 heavy (non-hydrogen) atoms. The van der Waals surface area contributed by atoms with E-state index in [-0.39, 0.29) is 29.4 Å². The summed E-state index contributed by atoms with van der Waals surface area (Å²) in [7, 11) is 0. The Bertz CT molecular complexity index is 876. The normalized spacial score (nSPS) is 16.6. The smallest absolute Gasteiger partial charge is 0.269 e. The quantitative estimate of drug-likeness (QED) is 0.494. The molecule has 0 saturated carbocycles. The Hall–Kier alpha value is -2.68. The van der Waals surface area contributed by atoms with Crippen LogP contribution in [0.2, 0.25) is 0 Å². The Balaban J connectivity index is 2.15. The van der Waals surface area contributed by atoms with Crippen LogP contribution in [0.4, 0.5) is 11.5 Å². The molecule has 1 unspecified atom stereocenters. The summed E-state index contributed by atoms with van der Waals surface area (Å²) in [5.41, 5.74) is 0.559. The van der Waals surface area contributed by atoms with Gasteiger partial charge in [0.1, 0.15) is 11.6 Å². The van der Waals surface area contributed by atoms with Gasteiger partial charge in [0.2, 0.25) is 5.91 Å². The van der Waals surface area contributed by atoms with Crippen molar-refractivity contribution in [1.29, 1.82) is 0 Å². The first-order valence-corrected chi connectivity index (χ1v) is 7.15. The number of nitrogens with one attached hydrogen (secondary N) is 1. The monoisotopic (exact) mass is 332 g/mol. The van der Waals surface area contributed by atoms with Crippen LogP contribution in [-0.2, 0) is 4.79 Å². The van der Waals surface area contributed by atoms with Crippen LogP contribution in [0.1, 0.15) is 29.3 Å². The number of aromatic nitrogens is 2. The maximum absolute atomic E-state index is 12.5. The van der Waals surface area contributed by atoms with Gasteiger partial charge in [0.15, 0.2) is 0 Å². The highest BCUT2D eigenvalue weighted by Gasteiger charge is 2.31. The first-order chi connectivity index (χ1) is 10.9. The first kappa shape index (κ1) is 15.2. The summed E-state index contributed by atoms with van der Waals surface area (Å²) in [5, 5.41) is 13.3. The largest absolute Gasteiger partial charge is 0.310 e. The van der Waals surface area contributed by atoms with Gasteiger partial charge in [-0.25, -0.2) is 8.96 Å². The second kappa shape index (κ2) is 5.51. The molecule has 0 aliphatic carbocycles. The fourth-order valence-corrected chi connectivity index (χ4v) is 2.78. The van der Waals surface area contributed by atoms with Crippen molar-refractivity contribution in [2.24, 2.45) is 0 Å². The van der Waals surface area contributed by atoms with Crippen LogP contribution in [0.3, 0.4) is 0 Å². The molecule has 3 rings (SSSR count). The fraction of sp³-hybridized carbons (Fsp3) is 0.214. The van der Waals surface area contributed by atoms with Gasteiger partial charge in [0.05, 0.1) is 10.5 Å². The van der Waals surface area contributed by atoms with E-state index in [4.69, 9.17) is 0 Å². The van der Waals surface area contributed by atoms with E-state index in [9.17, 15) is 19.7 Å². The zero-order chi connectivity index (χ0) is 16.7. The van der Waals surface area contributed by atoms with Crippen molar-refractivity contribution in [3.8, 4) is 0 Å². The maximum Gasteiger partial charge on any atom is 0.269 e. The zero-order valence-corrected chi connectivity index (χ0v) is 12.9. The predicted molar refractivity (Wildman–Crippen MR) is 85.8 cm³/mol. The number of nitro benzene ring substituents is 1. The van der Waals surface area contributed by atoms with Gasteiger partial charge >= 0.3 is 0 Å². The number of thiol groups is 1. The van der Waals surface area contributed by atoms with Crippen LogP contribution in [0.25, 0.3) is 0 Å². The number of nitrogens with zero attached hydrogens (tertiary/aromatic N) is 3. The predicted octanol–water partition coefficient (Wildman–Crippen LogP) is 1.63. The lowest BCUT2D eigenvalue weighted by Gasteiger charge is -2.25. The summed E-state index contributed by atoms with van der Waals surface area (Å²) in [6.07, 6.45) is 0.0680. The van der Waals surface area contributed by atoms with Gasteiger partial charge in [0.25, 0.3) is 11.2 Å². The number of rotatable bonds is 2. The average molecular weight is 332 g/mol. The average Bonchev–Trinajstić information content (AvgIpc) is 2.52. The highest BCUT2D eigenvalue weighted by Crippen LogP contribution is 2.34. The number of carbonyl (C=O) groups is 1. The molecular weight excluding hydrogens is 320 g/mol. The van der Waals surface area contributed by atoms with Gasteiger partial charge in [0, 0.05) is 24.5 Å². The molecule has 1 aromatic carbocycles. The number of benzene rings is 1. The summed E-state index contributed by atoms with van der Waals surface area (Å²) in [5.74, 6) is -0.193. The molecule has 1 aromatic heterocycles. The van der Waals surface area contributed by atoms with Crippen LogP contribution in [0, 0.1) is 17.0 Å². The number of non-ortho nitro benzene ring substituents is 1. The van der Waals surface area contributed by atoms with Gasteiger partial charge in [-0.2, -0.15) is 0 Å². The van der Waals surface area contributed by atoms with Gasteiger partial charge in [-0.15, -0.1) is 0 Å². The molecule has 8 nitrogen and oxygen atoms in total. The third kappa shape index (κ3) is 2.59. The molecule has 1 N–H and O–H groups in total. The Labute approximate surface area is 135 Å². The molecule has 0 spiro atoms. The lowest BCUT2D eigenvalue weighted by Crippen LogP contribution is -2.33. The van der Waals surface area contributed by atoms with Crippen molar-refractivity contribution in [1.82, 2.24) is 8.96 Å². The van der Waals surface area contributed by atoms with E-state index in [1.807, 2.05) is 0 Å². The highest BCUT2D eigenvalue weighted by atomic mass is 32.1. The van der Waals surface area contributed by atoms with Crippen molar-refractivity contribution >= 4 is 30.2 Å². The number of amides is 1. The number of fused-ring (bicyclic) bond motifs is 1. The molecule has 0 fully saturated rings. The second-order valence-electron chi connectivity index (χ2n) is 5.19. The van der Waals surface area contributed by atoms with Crippen LogP contribution in [-0.4, -0.2) is 19.8 Å².